The molecule has 0 fully saturated rings. The Morgan fingerprint density at radius 2 is 1.77 bits per heavy atom. The van der Waals surface area contributed by atoms with Crippen molar-refractivity contribution in [3.8, 4) is 10.7 Å². The number of aromatic nitrogens is 5. The first kappa shape index (κ1) is 21.2. The van der Waals surface area contributed by atoms with Gasteiger partial charge in [-0.15, -0.1) is 0 Å². The minimum Gasteiger partial charge on any atom is -0.342 e. The Kier molecular flexibility index (Phi) is 6.46. The van der Waals surface area contributed by atoms with Crippen molar-refractivity contribution in [3.05, 3.63) is 58.9 Å². The van der Waals surface area contributed by atoms with Gasteiger partial charge >= 0.3 is 0 Å². The third-order valence-corrected chi connectivity index (χ3v) is 6.58. The SMILES string of the molecule is CCCCN(CCCC)c1nc2sc(-n3cncn3)c(C)c2c(=O)n1-c1ccccc1. The van der Waals surface area contributed by atoms with E-state index in [-0.39, 0.29) is 5.56 Å². The molecule has 0 unspecified atom stereocenters. The molecule has 0 aliphatic heterocycles. The van der Waals surface area contributed by atoms with E-state index in [0.29, 0.717) is 5.39 Å². The van der Waals surface area contributed by atoms with Gasteiger partial charge in [0.15, 0.2) is 0 Å². The van der Waals surface area contributed by atoms with Crippen molar-refractivity contribution >= 4 is 27.5 Å². The van der Waals surface area contributed by atoms with Gasteiger partial charge < -0.3 is 4.90 Å². The molecule has 4 aromatic rings. The van der Waals surface area contributed by atoms with E-state index in [1.807, 2.05) is 37.3 Å². The van der Waals surface area contributed by atoms with Gasteiger partial charge in [-0.2, -0.15) is 5.10 Å². The Labute approximate surface area is 186 Å². The van der Waals surface area contributed by atoms with E-state index >= 15 is 0 Å². The maximum absolute atomic E-state index is 13.9. The third kappa shape index (κ3) is 4.12. The summed E-state index contributed by atoms with van der Waals surface area (Å²) < 4.78 is 3.48. The zero-order valence-electron chi connectivity index (χ0n) is 18.3. The number of fused-ring (bicyclic) bond motifs is 1. The van der Waals surface area contributed by atoms with Crippen molar-refractivity contribution in [1.29, 1.82) is 0 Å². The van der Waals surface area contributed by atoms with Crippen LogP contribution in [0.1, 0.15) is 45.1 Å². The van der Waals surface area contributed by atoms with Crippen LogP contribution in [0.25, 0.3) is 20.9 Å². The largest absolute Gasteiger partial charge is 0.342 e. The highest BCUT2D eigenvalue weighted by Crippen LogP contribution is 2.32. The summed E-state index contributed by atoms with van der Waals surface area (Å²) in [4.78, 5) is 26.0. The maximum atomic E-state index is 13.9. The second-order valence-electron chi connectivity index (χ2n) is 7.63. The van der Waals surface area contributed by atoms with E-state index in [2.05, 4.69) is 28.8 Å². The molecular weight excluding hydrogens is 408 g/mol. The number of rotatable bonds is 9. The normalized spacial score (nSPS) is 11.3. The molecule has 8 heteroatoms. The molecule has 31 heavy (non-hydrogen) atoms. The summed E-state index contributed by atoms with van der Waals surface area (Å²) in [5.41, 5.74) is 1.68. The first-order valence-electron chi connectivity index (χ1n) is 10.9. The number of anilines is 1. The second-order valence-corrected chi connectivity index (χ2v) is 8.61. The lowest BCUT2D eigenvalue weighted by Crippen LogP contribution is -2.33. The Hall–Kier alpha value is -3.00. The van der Waals surface area contributed by atoms with Crippen LogP contribution < -0.4 is 10.5 Å². The van der Waals surface area contributed by atoms with E-state index < -0.39 is 0 Å². The lowest BCUT2D eigenvalue weighted by molar-refractivity contribution is 0.654. The van der Waals surface area contributed by atoms with E-state index in [9.17, 15) is 4.79 Å². The lowest BCUT2D eigenvalue weighted by atomic mass is 10.2. The first-order valence-corrected chi connectivity index (χ1v) is 11.7. The molecule has 0 N–H and O–H groups in total. The maximum Gasteiger partial charge on any atom is 0.268 e. The molecule has 0 spiro atoms. The van der Waals surface area contributed by atoms with Crippen LogP contribution in [0.15, 0.2) is 47.8 Å². The van der Waals surface area contributed by atoms with Gasteiger partial charge in [0.2, 0.25) is 5.95 Å². The molecule has 0 aliphatic carbocycles. The third-order valence-electron chi connectivity index (χ3n) is 5.41. The van der Waals surface area contributed by atoms with Crippen LogP contribution in [-0.4, -0.2) is 37.4 Å². The molecule has 0 radical (unpaired) electrons. The predicted octanol–water partition coefficient (Wildman–Crippen LogP) is 4.74. The average molecular weight is 437 g/mol. The molecule has 3 aromatic heterocycles. The van der Waals surface area contributed by atoms with Gasteiger partial charge in [0.1, 0.15) is 22.5 Å². The van der Waals surface area contributed by atoms with Crippen molar-refractivity contribution in [2.24, 2.45) is 0 Å². The minimum atomic E-state index is -0.0377. The van der Waals surface area contributed by atoms with Crippen LogP contribution in [0.5, 0.6) is 0 Å². The standard InChI is InChI=1S/C23H28N6OS/c1-4-6-13-27(14-7-5-2)23-26-20-19(17(3)22(31-20)28-16-24-15-25-28)21(30)29(23)18-11-9-8-10-12-18/h8-12,15-16H,4-7,13-14H2,1-3H3. The Bertz CT molecular complexity index is 1190. The average Bonchev–Trinajstić information content (AvgIpc) is 3.42. The van der Waals surface area contributed by atoms with Crippen LogP contribution in [0.3, 0.4) is 0 Å². The Balaban J connectivity index is 1.97. The van der Waals surface area contributed by atoms with Crippen LogP contribution in [0.4, 0.5) is 5.95 Å². The van der Waals surface area contributed by atoms with E-state index in [1.54, 1.807) is 15.6 Å². The summed E-state index contributed by atoms with van der Waals surface area (Å²) in [5.74, 6) is 0.719. The number of hydrogen-bond donors (Lipinski definition) is 0. The van der Waals surface area contributed by atoms with Crippen molar-refractivity contribution in [2.45, 2.75) is 46.5 Å². The number of aryl methyl sites for hydroxylation is 1. The molecule has 0 amide bonds. The Morgan fingerprint density at radius 3 is 2.39 bits per heavy atom. The molecule has 1 aromatic carbocycles. The van der Waals surface area contributed by atoms with Crippen LogP contribution in [0, 0.1) is 6.92 Å². The van der Waals surface area contributed by atoms with Gasteiger partial charge in [-0.25, -0.2) is 19.2 Å². The second kappa shape index (κ2) is 9.43. The number of unbranched alkanes of at least 4 members (excludes halogenated alkanes) is 2. The number of hydrogen-bond acceptors (Lipinski definition) is 6. The fourth-order valence-electron chi connectivity index (χ4n) is 3.72. The van der Waals surface area contributed by atoms with Crippen LogP contribution in [-0.2, 0) is 0 Å². The fourth-order valence-corrected chi connectivity index (χ4v) is 4.82. The highest BCUT2D eigenvalue weighted by atomic mass is 32.1. The monoisotopic (exact) mass is 436 g/mol. The van der Waals surface area contributed by atoms with Crippen LogP contribution >= 0.6 is 11.3 Å². The molecule has 0 bridgehead atoms. The number of thiophene rings is 1. The minimum absolute atomic E-state index is 0.0377. The summed E-state index contributed by atoms with van der Waals surface area (Å²) in [7, 11) is 0. The lowest BCUT2D eigenvalue weighted by Gasteiger charge is -2.26. The molecule has 3 heterocycles. The molecule has 0 saturated heterocycles. The summed E-state index contributed by atoms with van der Waals surface area (Å²) in [5, 5.41) is 5.78. The molecule has 0 atom stereocenters. The highest BCUT2D eigenvalue weighted by molar-refractivity contribution is 7.21. The quantitative estimate of drug-likeness (QED) is 0.379. The van der Waals surface area contributed by atoms with Gasteiger partial charge in [-0.05, 0) is 31.9 Å². The fraction of sp³-hybridized carbons (Fsp3) is 0.391. The number of nitrogens with zero attached hydrogens (tertiary/aromatic N) is 6. The molecule has 162 valence electrons. The molecule has 0 saturated carbocycles. The first-order chi connectivity index (χ1) is 15.2. The molecule has 7 nitrogen and oxygen atoms in total. The van der Waals surface area contributed by atoms with Crippen molar-refractivity contribution in [2.75, 3.05) is 18.0 Å². The highest BCUT2D eigenvalue weighted by Gasteiger charge is 2.22. The van der Waals surface area contributed by atoms with Crippen molar-refractivity contribution in [3.63, 3.8) is 0 Å². The van der Waals surface area contributed by atoms with Crippen molar-refractivity contribution in [1.82, 2.24) is 24.3 Å². The van der Waals surface area contributed by atoms with Gasteiger partial charge in [0.05, 0.1) is 11.1 Å². The van der Waals surface area contributed by atoms with Gasteiger partial charge in [-0.1, -0.05) is 56.2 Å². The van der Waals surface area contributed by atoms with Gasteiger partial charge in [-0.3, -0.25) is 4.79 Å². The summed E-state index contributed by atoms with van der Waals surface area (Å²) in [6, 6.07) is 9.82. The molecular formula is C23H28N6OS. The molecule has 0 aliphatic rings. The smallest absolute Gasteiger partial charge is 0.268 e. The van der Waals surface area contributed by atoms with Crippen molar-refractivity contribution < 1.29 is 0 Å². The Morgan fingerprint density at radius 1 is 1.06 bits per heavy atom. The summed E-state index contributed by atoms with van der Waals surface area (Å²) in [6.07, 6.45) is 7.45. The molecule has 4 rings (SSSR count). The zero-order valence-corrected chi connectivity index (χ0v) is 19.1. The zero-order chi connectivity index (χ0) is 21.8. The number of para-hydroxylation sites is 1. The summed E-state index contributed by atoms with van der Waals surface area (Å²) >= 11 is 1.49. The van der Waals surface area contributed by atoms with E-state index in [4.69, 9.17) is 4.98 Å². The van der Waals surface area contributed by atoms with E-state index in [1.165, 1.54) is 17.7 Å². The van der Waals surface area contributed by atoms with Crippen LogP contribution in [0.2, 0.25) is 0 Å². The van der Waals surface area contributed by atoms with Gasteiger partial charge in [0, 0.05) is 18.7 Å². The topological polar surface area (TPSA) is 68.8 Å². The van der Waals surface area contributed by atoms with E-state index in [0.717, 1.165) is 65.8 Å². The summed E-state index contributed by atoms with van der Waals surface area (Å²) in [6.45, 7) is 8.08. The van der Waals surface area contributed by atoms with Gasteiger partial charge in [0.25, 0.3) is 5.56 Å². The predicted molar refractivity (Wildman–Crippen MR) is 127 cm³/mol. The number of benzene rings is 1.